The zero-order chi connectivity index (χ0) is 10.1. The highest BCUT2D eigenvalue weighted by molar-refractivity contribution is 5.85. The highest BCUT2D eigenvalue weighted by Gasteiger charge is 2.41. The number of halogens is 3. The van der Waals surface area contributed by atoms with Crippen LogP contribution in [0.4, 0.5) is 8.78 Å². The topological polar surface area (TPSA) is 49.3 Å². The number of rotatable bonds is 3. The first-order valence-corrected chi connectivity index (χ1v) is 4.24. The molecule has 0 saturated carbocycles. The van der Waals surface area contributed by atoms with E-state index in [9.17, 15) is 13.6 Å². The number of carbonyl (C=O) groups is 1. The minimum absolute atomic E-state index is 0. The normalized spacial score (nSPS) is 26.6. The van der Waals surface area contributed by atoms with Crippen molar-refractivity contribution in [2.45, 2.75) is 31.7 Å². The zero-order valence-electron chi connectivity index (χ0n) is 7.80. The second-order valence-electron chi connectivity index (χ2n) is 3.62. The summed E-state index contributed by atoms with van der Waals surface area (Å²) < 4.78 is 25.4. The Morgan fingerprint density at radius 1 is 1.71 bits per heavy atom. The van der Waals surface area contributed by atoms with Crippen LogP contribution in [0.3, 0.4) is 0 Å². The maximum atomic E-state index is 12.7. The van der Waals surface area contributed by atoms with Gasteiger partial charge >= 0.3 is 5.97 Å². The summed E-state index contributed by atoms with van der Waals surface area (Å²) in [6, 6.07) is -0.369. The summed E-state index contributed by atoms with van der Waals surface area (Å²) in [4.78, 5) is 10.3. The fourth-order valence-corrected chi connectivity index (χ4v) is 1.57. The van der Waals surface area contributed by atoms with E-state index in [2.05, 4.69) is 5.32 Å². The van der Waals surface area contributed by atoms with Crippen LogP contribution < -0.4 is 5.32 Å². The maximum absolute atomic E-state index is 12.7. The third-order valence-electron chi connectivity index (χ3n) is 2.32. The predicted octanol–water partition coefficient (Wildman–Crippen LogP) is 1.52. The molecule has 1 fully saturated rings. The smallest absolute Gasteiger partial charge is 0.303 e. The highest BCUT2D eigenvalue weighted by atomic mass is 35.5. The Morgan fingerprint density at radius 3 is 2.64 bits per heavy atom. The molecule has 1 saturated heterocycles. The van der Waals surface area contributed by atoms with Crippen LogP contribution in [0.2, 0.25) is 0 Å². The SMILES string of the molecule is CC(CC(=O)O)[C@H]1CC(F)(F)CN1.Cl. The number of carboxylic acid groups (broad SMARTS) is 1. The summed E-state index contributed by atoms with van der Waals surface area (Å²) in [7, 11) is 0. The van der Waals surface area contributed by atoms with Crippen LogP contribution in [0.25, 0.3) is 0 Å². The molecule has 1 aliphatic rings. The summed E-state index contributed by atoms with van der Waals surface area (Å²) in [5.41, 5.74) is 0. The Labute approximate surface area is 87.3 Å². The fraction of sp³-hybridized carbons (Fsp3) is 0.875. The molecule has 0 aromatic rings. The van der Waals surface area contributed by atoms with Gasteiger partial charge in [0.15, 0.2) is 0 Å². The fourth-order valence-electron chi connectivity index (χ4n) is 1.57. The zero-order valence-corrected chi connectivity index (χ0v) is 8.61. The summed E-state index contributed by atoms with van der Waals surface area (Å²) >= 11 is 0. The first kappa shape index (κ1) is 13.6. The van der Waals surface area contributed by atoms with Crippen molar-refractivity contribution in [2.75, 3.05) is 6.54 Å². The first-order valence-electron chi connectivity index (χ1n) is 4.24. The molecule has 0 amide bonds. The molecule has 2 atom stereocenters. The van der Waals surface area contributed by atoms with Gasteiger partial charge in [0.1, 0.15) is 0 Å². The minimum Gasteiger partial charge on any atom is -0.481 e. The minimum atomic E-state index is -2.67. The standard InChI is InChI=1S/C8H13F2NO2.ClH/c1-5(2-7(12)13)6-3-8(9,10)4-11-6;/h5-6,11H,2-4H2,1H3,(H,12,13);1H/t5?,6-;/m1./s1. The second-order valence-corrected chi connectivity index (χ2v) is 3.62. The Kier molecular flexibility index (Phi) is 4.74. The Hall–Kier alpha value is -0.420. The van der Waals surface area contributed by atoms with Gasteiger partial charge in [0.05, 0.1) is 6.54 Å². The molecule has 6 heteroatoms. The van der Waals surface area contributed by atoms with Crippen LogP contribution in [0.5, 0.6) is 0 Å². The van der Waals surface area contributed by atoms with Crippen LogP contribution in [-0.4, -0.2) is 29.6 Å². The van der Waals surface area contributed by atoms with E-state index in [0.717, 1.165) is 0 Å². The monoisotopic (exact) mass is 229 g/mol. The van der Waals surface area contributed by atoms with Gasteiger partial charge in [0, 0.05) is 18.9 Å². The van der Waals surface area contributed by atoms with Crippen LogP contribution in [0, 0.1) is 5.92 Å². The largest absolute Gasteiger partial charge is 0.481 e. The molecule has 1 unspecified atom stereocenters. The molecule has 0 radical (unpaired) electrons. The summed E-state index contributed by atoms with van der Waals surface area (Å²) in [5.74, 6) is -3.85. The molecule has 0 bridgehead atoms. The Morgan fingerprint density at radius 2 is 2.29 bits per heavy atom. The number of hydrogen-bond acceptors (Lipinski definition) is 2. The summed E-state index contributed by atoms with van der Waals surface area (Å²) in [6.45, 7) is 1.34. The van der Waals surface area contributed by atoms with Crippen molar-refractivity contribution in [3.05, 3.63) is 0 Å². The van der Waals surface area contributed by atoms with Gasteiger partial charge in [-0.05, 0) is 5.92 Å². The quantitative estimate of drug-likeness (QED) is 0.772. The van der Waals surface area contributed by atoms with Gasteiger partial charge in [-0.2, -0.15) is 0 Å². The van der Waals surface area contributed by atoms with Gasteiger partial charge in [0.2, 0.25) is 0 Å². The third kappa shape index (κ3) is 3.75. The van der Waals surface area contributed by atoms with Crippen LogP contribution in [0.15, 0.2) is 0 Å². The van der Waals surface area contributed by atoms with E-state index in [1.54, 1.807) is 6.92 Å². The number of alkyl halides is 2. The van der Waals surface area contributed by atoms with E-state index in [0.29, 0.717) is 0 Å². The van der Waals surface area contributed by atoms with Crippen molar-refractivity contribution >= 4 is 18.4 Å². The van der Waals surface area contributed by atoms with E-state index in [4.69, 9.17) is 5.11 Å². The van der Waals surface area contributed by atoms with E-state index >= 15 is 0 Å². The van der Waals surface area contributed by atoms with Gasteiger partial charge in [-0.1, -0.05) is 6.92 Å². The van der Waals surface area contributed by atoms with Crippen LogP contribution in [-0.2, 0) is 4.79 Å². The van der Waals surface area contributed by atoms with E-state index < -0.39 is 11.9 Å². The van der Waals surface area contributed by atoms with Crippen molar-refractivity contribution in [2.24, 2.45) is 5.92 Å². The lowest BCUT2D eigenvalue weighted by molar-refractivity contribution is -0.138. The maximum Gasteiger partial charge on any atom is 0.303 e. The van der Waals surface area contributed by atoms with Gasteiger partial charge in [0.25, 0.3) is 5.92 Å². The predicted molar refractivity (Wildman–Crippen MR) is 50.0 cm³/mol. The molecule has 1 aliphatic heterocycles. The molecule has 14 heavy (non-hydrogen) atoms. The average molecular weight is 230 g/mol. The van der Waals surface area contributed by atoms with Crippen LogP contribution >= 0.6 is 12.4 Å². The molecular formula is C8H14ClF2NO2. The molecular weight excluding hydrogens is 216 g/mol. The van der Waals surface area contributed by atoms with Crippen molar-refractivity contribution in [3.8, 4) is 0 Å². The van der Waals surface area contributed by atoms with Crippen molar-refractivity contribution in [1.82, 2.24) is 5.32 Å². The van der Waals surface area contributed by atoms with E-state index in [1.165, 1.54) is 0 Å². The van der Waals surface area contributed by atoms with Crippen molar-refractivity contribution < 1.29 is 18.7 Å². The lowest BCUT2D eigenvalue weighted by atomic mass is 9.96. The number of hydrogen-bond donors (Lipinski definition) is 2. The summed E-state index contributed by atoms with van der Waals surface area (Å²) in [6.07, 6.45) is -0.310. The van der Waals surface area contributed by atoms with Crippen molar-refractivity contribution in [3.63, 3.8) is 0 Å². The van der Waals surface area contributed by atoms with Gasteiger partial charge in [-0.15, -0.1) is 12.4 Å². The average Bonchev–Trinajstić information content (AvgIpc) is 2.28. The molecule has 0 spiro atoms. The molecule has 2 N–H and O–H groups in total. The Balaban J connectivity index is 0.00000169. The molecule has 0 aliphatic carbocycles. The second kappa shape index (κ2) is 4.89. The highest BCUT2D eigenvalue weighted by Crippen LogP contribution is 2.29. The van der Waals surface area contributed by atoms with Gasteiger partial charge in [-0.25, -0.2) is 8.78 Å². The lowest BCUT2D eigenvalue weighted by Gasteiger charge is -2.16. The van der Waals surface area contributed by atoms with E-state index in [1.807, 2.05) is 0 Å². The first-order chi connectivity index (χ1) is 5.91. The number of carboxylic acids is 1. The summed E-state index contributed by atoms with van der Waals surface area (Å²) in [5, 5.41) is 11.1. The number of nitrogens with one attached hydrogen (secondary N) is 1. The molecule has 3 nitrogen and oxygen atoms in total. The molecule has 1 rings (SSSR count). The van der Waals surface area contributed by atoms with Gasteiger partial charge in [-0.3, -0.25) is 4.79 Å². The lowest BCUT2D eigenvalue weighted by Crippen LogP contribution is -2.30. The number of aliphatic carboxylic acids is 1. The third-order valence-corrected chi connectivity index (χ3v) is 2.32. The molecule has 0 aromatic carbocycles. The van der Waals surface area contributed by atoms with E-state index in [-0.39, 0.29) is 43.8 Å². The van der Waals surface area contributed by atoms with Crippen molar-refractivity contribution in [1.29, 1.82) is 0 Å². The molecule has 0 aromatic heterocycles. The van der Waals surface area contributed by atoms with Gasteiger partial charge < -0.3 is 10.4 Å². The Bertz CT molecular complexity index is 214. The van der Waals surface area contributed by atoms with Crippen LogP contribution in [0.1, 0.15) is 19.8 Å². The molecule has 84 valence electrons. The molecule has 1 heterocycles.